The van der Waals surface area contributed by atoms with Crippen molar-refractivity contribution in [2.24, 2.45) is 5.41 Å². The first-order valence-corrected chi connectivity index (χ1v) is 4.28. The first-order valence-electron chi connectivity index (χ1n) is 4.28. The molecular weight excluding hydrogens is 136 g/mol. The number of aliphatic hydroxyl groups is 1. The molecule has 0 aromatic heterocycles. The summed E-state index contributed by atoms with van der Waals surface area (Å²) in [5, 5.41) is 9.50. The number of hydrogen-bond donors (Lipinski definition) is 1. The molecular formula is C10H18O. The molecule has 0 radical (unpaired) electrons. The minimum atomic E-state index is -0.117. The van der Waals surface area contributed by atoms with Crippen LogP contribution in [0.1, 0.15) is 40.5 Å². The summed E-state index contributed by atoms with van der Waals surface area (Å²) in [4.78, 5) is 0. The fourth-order valence-corrected chi connectivity index (χ4v) is 1.90. The first-order chi connectivity index (χ1) is 4.93. The Bertz CT molecular complexity index is 189. The van der Waals surface area contributed by atoms with Crippen LogP contribution in [0.4, 0.5) is 0 Å². The highest BCUT2D eigenvalue weighted by molar-refractivity contribution is 5.21. The van der Waals surface area contributed by atoms with E-state index in [9.17, 15) is 5.11 Å². The van der Waals surface area contributed by atoms with Gasteiger partial charge in [-0.2, -0.15) is 0 Å². The molecule has 0 fully saturated rings. The second-order valence-electron chi connectivity index (χ2n) is 4.35. The third kappa shape index (κ3) is 1.64. The van der Waals surface area contributed by atoms with Gasteiger partial charge < -0.3 is 5.11 Å². The van der Waals surface area contributed by atoms with E-state index >= 15 is 0 Å². The van der Waals surface area contributed by atoms with Crippen molar-refractivity contribution in [3.8, 4) is 0 Å². The summed E-state index contributed by atoms with van der Waals surface area (Å²) < 4.78 is 0. The summed E-state index contributed by atoms with van der Waals surface area (Å²) in [7, 11) is 0. The van der Waals surface area contributed by atoms with Gasteiger partial charge >= 0.3 is 0 Å². The lowest BCUT2D eigenvalue weighted by Gasteiger charge is -2.35. The summed E-state index contributed by atoms with van der Waals surface area (Å²) in [6.45, 7) is 8.71. The fourth-order valence-electron chi connectivity index (χ4n) is 1.90. The van der Waals surface area contributed by atoms with E-state index in [0.717, 1.165) is 12.8 Å². The predicted molar refractivity (Wildman–Crippen MR) is 47.4 cm³/mol. The summed E-state index contributed by atoms with van der Waals surface area (Å²) >= 11 is 0. The molecule has 0 saturated carbocycles. The number of hydrogen-bond acceptors (Lipinski definition) is 1. The molecule has 1 rings (SSSR count). The molecule has 1 heteroatoms. The Morgan fingerprint density at radius 3 is 2.36 bits per heavy atom. The molecule has 1 atom stereocenters. The van der Waals surface area contributed by atoms with Crippen molar-refractivity contribution in [3.63, 3.8) is 0 Å². The van der Waals surface area contributed by atoms with E-state index in [2.05, 4.69) is 27.7 Å². The third-order valence-electron chi connectivity index (χ3n) is 2.94. The van der Waals surface area contributed by atoms with E-state index < -0.39 is 0 Å². The van der Waals surface area contributed by atoms with Crippen LogP contribution in [0.5, 0.6) is 0 Å². The normalized spacial score (nSPS) is 30.8. The zero-order chi connectivity index (χ0) is 8.65. The van der Waals surface area contributed by atoms with E-state index in [0.29, 0.717) is 0 Å². The Morgan fingerprint density at radius 2 is 1.91 bits per heavy atom. The molecule has 0 bridgehead atoms. The summed E-state index contributed by atoms with van der Waals surface area (Å²) in [5.74, 6) is 0. The topological polar surface area (TPSA) is 20.2 Å². The van der Waals surface area contributed by atoms with Gasteiger partial charge in [0.15, 0.2) is 0 Å². The molecule has 0 heterocycles. The van der Waals surface area contributed by atoms with E-state index in [-0.39, 0.29) is 11.5 Å². The Morgan fingerprint density at radius 1 is 1.36 bits per heavy atom. The van der Waals surface area contributed by atoms with E-state index in [4.69, 9.17) is 0 Å². The minimum absolute atomic E-state index is 0.117. The van der Waals surface area contributed by atoms with Crippen LogP contribution in [-0.2, 0) is 0 Å². The highest BCUT2D eigenvalue weighted by Gasteiger charge is 2.29. The Kier molecular flexibility index (Phi) is 2.10. The third-order valence-corrected chi connectivity index (χ3v) is 2.94. The van der Waals surface area contributed by atoms with Crippen molar-refractivity contribution in [3.05, 3.63) is 11.1 Å². The molecule has 11 heavy (non-hydrogen) atoms. The van der Waals surface area contributed by atoms with Crippen LogP contribution in [0.3, 0.4) is 0 Å². The quantitative estimate of drug-likeness (QED) is 0.531. The van der Waals surface area contributed by atoms with Crippen molar-refractivity contribution in [2.75, 3.05) is 0 Å². The van der Waals surface area contributed by atoms with Gasteiger partial charge in [0.25, 0.3) is 0 Å². The zero-order valence-electron chi connectivity index (χ0n) is 7.94. The molecule has 1 N–H and O–H groups in total. The molecule has 0 aliphatic heterocycles. The van der Waals surface area contributed by atoms with Crippen molar-refractivity contribution >= 4 is 0 Å². The van der Waals surface area contributed by atoms with Crippen LogP contribution in [0.25, 0.3) is 0 Å². The lowest BCUT2D eigenvalue weighted by atomic mass is 9.72. The van der Waals surface area contributed by atoms with Gasteiger partial charge in [0.05, 0.1) is 6.10 Å². The van der Waals surface area contributed by atoms with Gasteiger partial charge in [-0.1, -0.05) is 25.0 Å². The zero-order valence-corrected chi connectivity index (χ0v) is 7.94. The molecule has 0 spiro atoms. The molecule has 0 aromatic carbocycles. The van der Waals surface area contributed by atoms with Gasteiger partial charge in [-0.05, 0) is 32.1 Å². The average Bonchev–Trinajstić information content (AvgIpc) is 1.81. The smallest absolute Gasteiger partial charge is 0.0585 e. The van der Waals surface area contributed by atoms with Gasteiger partial charge in [0, 0.05) is 0 Å². The Labute approximate surface area is 69.1 Å². The van der Waals surface area contributed by atoms with Gasteiger partial charge in [-0.15, -0.1) is 0 Å². The maximum atomic E-state index is 9.50. The molecule has 1 aliphatic rings. The molecule has 0 aromatic rings. The van der Waals surface area contributed by atoms with E-state index in [1.807, 2.05) is 0 Å². The van der Waals surface area contributed by atoms with Crippen LogP contribution >= 0.6 is 0 Å². The first kappa shape index (κ1) is 8.79. The standard InChI is InChI=1S/C10H18O/c1-7-5-9(11)6-10(3,4)8(7)2/h9,11H,5-6H2,1-4H3/t9-/m0/s1. The van der Waals surface area contributed by atoms with Gasteiger partial charge in [-0.25, -0.2) is 0 Å². The molecule has 0 amide bonds. The average molecular weight is 154 g/mol. The van der Waals surface area contributed by atoms with Crippen molar-refractivity contribution in [1.82, 2.24) is 0 Å². The highest BCUT2D eigenvalue weighted by atomic mass is 16.3. The highest BCUT2D eigenvalue weighted by Crippen LogP contribution is 2.39. The monoisotopic (exact) mass is 154 g/mol. The number of allylic oxidation sites excluding steroid dienone is 1. The lowest BCUT2D eigenvalue weighted by molar-refractivity contribution is 0.115. The van der Waals surface area contributed by atoms with Gasteiger partial charge in [-0.3, -0.25) is 0 Å². The molecule has 0 unspecified atom stereocenters. The number of rotatable bonds is 0. The summed E-state index contributed by atoms with van der Waals surface area (Å²) in [6.07, 6.45) is 1.67. The van der Waals surface area contributed by atoms with Crippen LogP contribution in [0, 0.1) is 5.41 Å². The molecule has 1 nitrogen and oxygen atoms in total. The number of aliphatic hydroxyl groups excluding tert-OH is 1. The second kappa shape index (κ2) is 2.63. The van der Waals surface area contributed by atoms with Crippen LogP contribution < -0.4 is 0 Å². The largest absolute Gasteiger partial charge is 0.393 e. The summed E-state index contributed by atoms with van der Waals surface area (Å²) in [5.41, 5.74) is 3.04. The molecule has 0 saturated heterocycles. The van der Waals surface area contributed by atoms with Gasteiger partial charge in [0.1, 0.15) is 0 Å². The second-order valence-corrected chi connectivity index (χ2v) is 4.35. The fraction of sp³-hybridized carbons (Fsp3) is 0.800. The van der Waals surface area contributed by atoms with E-state index in [1.165, 1.54) is 11.1 Å². The van der Waals surface area contributed by atoms with Crippen molar-refractivity contribution in [1.29, 1.82) is 0 Å². The van der Waals surface area contributed by atoms with Crippen LogP contribution in [0.2, 0.25) is 0 Å². The van der Waals surface area contributed by atoms with Crippen molar-refractivity contribution in [2.45, 2.75) is 46.6 Å². The predicted octanol–water partition coefficient (Wildman–Crippen LogP) is 2.50. The maximum absolute atomic E-state index is 9.50. The Hall–Kier alpha value is -0.300. The van der Waals surface area contributed by atoms with Gasteiger partial charge in [0.2, 0.25) is 0 Å². The SMILES string of the molecule is CC1=C(C)C(C)(C)C[C@@H](O)C1. The van der Waals surface area contributed by atoms with Crippen LogP contribution in [-0.4, -0.2) is 11.2 Å². The van der Waals surface area contributed by atoms with Crippen molar-refractivity contribution < 1.29 is 5.11 Å². The van der Waals surface area contributed by atoms with E-state index in [1.54, 1.807) is 0 Å². The molecule has 1 aliphatic carbocycles. The maximum Gasteiger partial charge on any atom is 0.0585 e. The summed E-state index contributed by atoms with van der Waals surface area (Å²) in [6, 6.07) is 0. The minimum Gasteiger partial charge on any atom is -0.393 e. The van der Waals surface area contributed by atoms with Crippen LogP contribution in [0.15, 0.2) is 11.1 Å². The Balaban J connectivity index is 2.93. The molecule has 64 valence electrons. The lowest BCUT2D eigenvalue weighted by Crippen LogP contribution is -2.27.